The number of halogens is 1. The monoisotopic (exact) mass is 416 g/mol. The summed E-state index contributed by atoms with van der Waals surface area (Å²) >= 11 is 6.29. The highest BCUT2D eigenvalue weighted by Crippen LogP contribution is 2.30. The molecule has 144 valence electrons. The van der Waals surface area contributed by atoms with Crippen molar-refractivity contribution in [1.29, 1.82) is 0 Å². The first kappa shape index (κ1) is 19.9. The number of pyridine rings is 1. The number of benzene rings is 2. The highest BCUT2D eigenvalue weighted by atomic mass is 35.5. The fourth-order valence-electron chi connectivity index (χ4n) is 2.56. The van der Waals surface area contributed by atoms with Crippen LogP contribution >= 0.6 is 11.6 Å². The van der Waals surface area contributed by atoms with Crippen LogP contribution in [-0.2, 0) is 9.84 Å². The Morgan fingerprint density at radius 1 is 1.11 bits per heavy atom. The standard InChI is InChI=1S/C20H17ClN2O4S/c1-27-19-9-7-15(12-22-19)23-20(24)14-6-8-18(21)17(11-14)13-4-3-5-16(10-13)28(2,25)26/h3-12H,1-2H3,(H,23,24). The molecule has 0 aliphatic carbocycles. The smallest absolute Gasteiger partial charge is 0.255 e. The van der Waals surface area contributed by atoms with Gasteiger partial charge in [-0.25, -0.2) is 13.4 Å². The van der Waals surface area contributed by atoms with Crippen LogP contribution in [0.25, 0.3) is 11.1 Å². The summed E-state index contributed by atoms with van der Waals surface area (Å²) in [5.74, 6) is 0.0988. The third-order valence-corrected chi connectivity index (χ3v) is 5.44. The van der Waals surface area contributed by atoms with Gasteiger partial charge in [0.1, 0.15) is 0 Å². The molecule has 0 spiro atoms. The van der Waals surface area contributed by atoms with Crippen molar-refractivity contribution in [3.63, 3.8) is 0 Å². The van der Waals surface area contributed by atoms with Crippen LogP contribution in [0, 0.1) is 0 Å². The molecule has 2 aromatic carbocycles. The lowest BCUT2D eigenvalue weighted by atomic mass is 10.0. The van der Waals surface area contributed by atoms with Gasteiger partial charge in [0.25, 0.3) is 5.91 Å². The van der Waals surface area contributed by atoms with Crippen molar-refractivity contribution in [2.24, 2.45) is 0 Å². The lowest BCUT2D eigenvalue weighted by Gasteiger charge is -2.10. The number of carbonyl (C=O) groups is 1. The molecule has 0 aliphatic heterocycles. The first-order valence-corrected chi connectivity index (χ1v) is 10.5. The van der Waals surface area contributed by atoms with E-state index >= 15 is 0 Å². The molecule has 6 nitrogen and oxygen atoms in total. The number of nitrogens with zero attached hydrogens (tertiary/aromatic N) is 1. The zero-order chi connectivity index (χ0) is 20.3. The van der Waals surface area contributed by atoms with Gasteiger partial charge in [0.2, 0.25) is 5.88 Å². The molecule has 3 aromatic rings. The Morgan fingerprint density at radius 2 is 1.89 bits per heavy atom. The molecule has 0 fully saturated rings. The molecule has 0 saturated heterocycles. The van der Waals surface area contributed by atoms with Gasteiger partial charge in [0.15, 0.2) is 9.84 Å². The van der Waals surface area contributed by atoms with Gasteiger partial charge in [-0.15, -0.1) is 0 Å². The maximum atomic E-state index is 12.6. The quantitative estimate of drug-likeness (QED) is 0.677. The minimum absolute atomic E-state index is 0.181. The number of sulfone groups is 1. The lowest BCUT2D eigenvalue weighted by Crippen LogP contribution is -2.12. The summed E-state index contributed by atoms with van der Waals surface area (Å²) in [6.45, 7) is 0. The van der Waals surface area contributed by atoms with E-state index in [4.69, 9.17) is 16.3 Å². The van der Waals surface area contributed by atoms with Gasteiger partial charge in [-0.3, -0.25) is 4.79 Å². The number of amides is 1. The predicted octanol–water partition coefficient (Wildman–Crippen LogP) is 4.07. The summed E-state index contributed by atoms with van der Waals surface area (Å²) < 4.78 is 28.6. The molecule has 3 rings (SSSR count). The number of anilines is 1. The summed E-state index contributed by atoms with van der Waals surface area (Å²) in [5.41, 5.74) is 2.06. The Morgan fingerprint density at radius 3 is 2.54 bits per heavy atom. The van der Waals surface area contributed by atoms with Gasteiger partial charge in [-0.2, -0.15) is 0 Å². The van der Waals surface area contributed by atoms with E-state index < -0.39 is 9.84 Å². The summed E-state index contributed by atoms with van der Waals surface area (Å²) in [7, 11) is -1.85. The van der Waals surface area contributed by atoms with E-state index in [1.807, 2.05) is 0 Å². The van der Waals surface area contributed by atoms with Crippen molar-refractivity contribution in [3.05, 3.63) is 71.4 Å². The molecule has 0 saturated carbocycles. The van der Waals surface area contributed by atoms with Gasteiger partial charge < -0.3 is 10.1 Å². The van der Waals surface area contributed by atoms with Gasteiger partial charge >= 0.3 is 0 Å². The average Bonchev–Trinajstić information content (AvgIpc) is 2.68. The molecule has 8 heteroatoms. The second-order valence-electron chi connectivity index (χ2n) is 6.04. The van der Waals surface area contributed by atoms with E-state index in [0.717, 1.165) is 6.26 Å². The van der Waals surface area contributed by atoms with Crippen molar-refractivity contribution >= 4 is 33.0 Å². The van der Waals surface area contributed by atoms with Gasteiger partial charge in [-0.05, 0) is 42.0 Å². The Balaban J connectivity index is 1.92. The SMILES string of the molecule is COc1ccc(NC(=O)c2ccc(Cl)c(-c3cccc(S(C)(=O)=O)c3)c2)cn1. The first-order valence-electron chi connectivity index (χ1n) is 8.19. The Labute approximate surface area is 168 Å². The highest BCUT2D eigenvalue weighted by Gasteiger charge is 2.13. The van der Waals surface area contributed by atoms with Gasteiger partial charge in [0.05, 0.1) is 23.9 Å². The number of nitrogens with one attached hydrogen (secondary N) is 1. The average molecular weight is 417 g/mol. The topological polar surface area (TPSA) is 85.4 Å². The number of hydrogen-bond acceptors (Lipinski definition) is 5. The molecule has 1 amide bonds. The molecular formula is C20H17ClN2O4S. The minimum atomic E-state index is -3.36. The zero-order valence-electron chi connectivity index (χ0n) is 15.1. The van der Waals surface area contributed by atoms with Crippen molar-refractivity contribution in [3.8, 4) is 17.0 Å². The number of methoxy groups -OCH3 is 1. The maximum Gasteiger partial charge on any atom is 0.255 e. The van der Waals surface area contributed by atoms with Gasteiger partial charge in [-0.1, -0.05) is 23.7 Å². The predicted molar refractivity (Wildman–Crippen MR) is 109 cm³/mol. The Kier molecular flexibility index (Phi) is 5.67. The fraction of sp³-hybridized carbons (Fsp3) is 0.100. The normalized spacial score (nSPS) is 11.1. The van der Waals surface area contributed by atoms with Crippen LogP contribution in [0.15, 0.2) is 65.7 Å². The number of rotatable bonds is 5. The molecular weight excluding hydrogens is 400 g/mol. The number of aromatic nitrogens is 1. The van der Waals surface area contributed by atoms with Crippen molar-refractivity contribution in [1.82, 2.24) is 4.98 Å². The lowest BCUT2D eigenvalue weighted by molar-refractivity contribution is 0.102. The molecule has 1 heterocycles. The molecule has 1 N–H and O–H groups in total. The minimum Gasteiger partial charge on any atom is -0.481 e. The summed E-state index contributed by atoms with van der Waals surface area (Å²) in [6, 6.07) is 14.6. The van der Waals surface area contributed by atoms with E-state index in [0.29, 0.717) is 33.3 Å². The number of carbonyl (C=O) groups excluding carboxylic acids is 1. The second-order valence-corrected chi connectivity index (χ2v) is 8.46. The number of hydrogen-bond donors (Lipinski definition) is 1. The van der Waals surface area contributed by atoms with Crippen LogP contribution in [0.3, 0.4) is 0 Å². The summed E-state index contributed by atoms with van der Waals surface area (Å²) in [4.78, 5) is 16.8. The Hall–Kier alpha value is -2.90. The van der Waals surface area contributed by atoms with Crippen molar-refractivity contribution in [2.75, 3.05) is 18.7 Å². The third-order valence-electron chi connectivity index (χ3n) is 4.01. The van der Waals surface area contributed by atoms with Crippen molar-refractivity contribution in [2.45, 2.75) is 4.90 Å². The van der Waals surface area contributed by atoms with Crippen LogP contribution in [0.2, 0.25) is 5.02 Å². The second kappa shape index (κ2) is 8.00. The van der Waals surface area contributed by atoms with Crippen LogP contribution in [0.4, 0.5) is 5.69 Å². The largest absolute Gasteiger partial charge is 0.481 e. The van der Waals surface area contributed by atoms with E-state index in [9.17, 15) is 13.2 Å². The van der Waals surface area contributed by atoms with E-state index in [-0.39, 0.29) is 10.8 Å². The molecule has 0 bridgehead atoms. The van der Waals surface area contributed by atoms with E-state index in [1.165, 1.54) is 25.4 Å². The fourth-order valence-corrected chi connectivity index (χ4v) is 3.45. The van der Waals surface area contributed by atoms with Gasteiger partial charge in [0, 0.05) is 28.5 Å². The van der Waals surface area contributed by atoms with Crippen LogP contribution < -0.4 is 10.1 Å². The molecule has 28 heavy (non-hydrogen) atoms. The van der Waals surface area contributed by atoms with Crippen LogP contribution in [-0.4, -0.2) is 32.7 Å². The first-order chi connectivity index (χ1) is 13.3. The van der Waals surface area contributed by atoms with E-state index in [2.05, 4.69) is 10.3 Å². The summed E-state index contributed by atoms with van der Waals surface area (Å²) in [5, 5.41) is 3.16. The number of ether oxygens (including phenoxy) is 1. The summed E-state index contributed by atoms with van der Waals surface area (Å²) in [6.07, 6.45) is 2.63. The molecule has 0 atom stereocenters. The van der Waals surface area contributed by atoms with Crippen molar-refractivity contribution < 1.29 is 17.9 Å². The van der Waals surface area contributed by atoms with Crippen LogP contribution in [0.5, 0.6) is 5.88 Å². The zero-order valence-corrected chi connectivity index (χ0v) is 16.7. The molecule has 1 aromatic heterocycles. The Bertz CT molecular complexity index is 1130. The molecule has 0 radical (unpaired) electrons. The third kappa shape index (κ3) is 4.49. The molecule has 0 aliphatic rings. The maximum absolute atomic E-state index is 12.6. The van der Waals surface area contributed by atoms with Crippen LogP contribution in [0.1, 0.15) is 10.4 Å². The molecule has 0 unspecified atom stereocenters. The highest BCUT2D eigenvalue weighted by molar-refractivity contribution is 7.90. The van der Waals surface area contributed by atoms with E-state index in [1.54, 1.807) is 42.5 Å².